The molecule has 26 heavy (non-hydrogen) atoms. The zero-order valence-corrected chi connectivity index (χ0v) is 14.0. The molecule has 1 fully saturated rings. The summed E-state index contributed by atoms with van der Waals surface area (Å²) < 4.78 is 14.0. The van der Waals surface area contributed by atoms with Crippen molar-refractivity contribution in [2.24, 2.45) is 0 Å². The molecule has 4 rings (SSSR count). The van der Waals surface area contributed by atoms with Crippen LogP contribution in [0, 0.1) is 5.82 Å². The molecule has 2 heterocycles. The lowest BCUT2D eigenvalue weighted by Gasteiger charge is -2.16. The predicted molar refractivity (Wildman–Crippen MR) is 95.4 cm³/mol. The third-order valence-corrected chi connectivity index (χ3v) is 4.79. The van der Waals surface area contributed by atoms with Gasteiger partial charge in [-0.05, 0) is 48.4 Å². The Morgan fingerprint density at radius 1 is 1.19 bits per heavy atom. The van der Waals surface area contributed by atoms with Gasteiger partial charge in [0.05, 0.1) is 5.69 Å². The van der Waals surface area contributed by atoms with Crippen LogP contribution in [0.25, 0.3) is 11.3 Å². The monoisotopic (exact) mass is 351 g/mol. The number of aromatic hydroxyl groups is 1. The van der Waals surface area contributed by atoms with E-state index in [9.17, 15) is 14.3 Å². The Morgan fingerprint density at radius 3 is 2.73 bits per heavy atom. The molecule has 0 bridgehead atoms. The molecule has 1 amide bonds. The zero-order valence-electron chi connectivity index (χ0n) is 14.0. The molecule has 0 aliphatic carbocycles. The van der Waals surface area contributed by atoms with Gasteiger partial charge in [-0.2, -0.15) is 5.10 Å². The highest BCUT2D eigenvalue weighted by Crippen LogP contribution is 2.30. The van der Waals surface area contributed by atoms with Crippen LogP contribution in [-0.2, 0) is 0 Å². The fraction of sp³-hybridized carbons (Fsp3) is 0.200. The fourth-order valence-corrected chi connectivity index (χ4v) is 3.39. The van der Waals surface area contributed by atoms with Crippen LogP contribution in [0.4, 0.5) is 4.39 Å². The van der Waals surface area contributed by atoms with Gasteiger partial charge in [0.2, 0.25) is 0 Å². The van der Waals surface area contributed by atoms with Crippen molar-refractivity contribution >= 4 is 5.91 Å². The minimum atomic E-state index is -0.219. The summed E-state index contributed by atoms with van der Waals surface area (Å²) >= 11 is 0. The smallest absolute Gasteiger partial charge is 0.271 e. The molecule has 5 nitrogen and oxygen atoms in total. The van der Waals surface area contributed by atoms with Crippen molar-refractivity contribution in [2.75, 3.05) is 13.1 Å². The normalized spacial score (nSPS) is 16.8. The molecule has 0 saturated carbocycles. The molecule has 1 aliphatic heterocycles. The van der Waals surface area contributed by atoms with Gasteiger partial charge in [0.25, 0.3) is 5.91 Å². The van der Waals surface area contributed by atoms with E-state index in [1.807, 2.05) is 6.07 Å². The van der Waals surface area contributed by atoms with Crippen molar-refractivity contribution in [3.63, 3.8) is 0 Å². The van der Waals surface area contributed by atoms with E-state index in [2.05, 4.69) is 10.2 Å². The Balaban J connectivity index is 1.49. The maximum Gasteiger partial charge on any atom is 0.271 e. The number of likely N-dealkylation sites (tertiary alicyclic amines) is 1. The van der Waals surface area contributed by atoms with E-state index in [0.29, 0.717) is 30.0 Å². The van der Waals surface area contributed by atoms with Crippen LogP contribution in [0.5, 0.6) is 5.75 Å². The van der Waals surface area contributed by atoms with Gasteiger partial charge in [0.15, 0.2) is 0 Å². The van der Waals surface area contributed by atoms with Crippen LogP contribution in [-0.4, -0.2) is 39.2 Å². The number of phenols is 1. The lowest BCUT2D eigenvalue weighted by molar-refractivity contribution is 0.0785. The number of hydrogen-bond donors (Lipinski definition) is 2. The van der Waals surface area contributed by atoms with Gasteiger partial charge in [0.1, 0.15) is 17.3 Å². The lowest BCUT2D eigenvalue weighted by atomic mass is 9.98. The van der Waals surface area contributed by atoms with Gasteiger partial charge in [-0.1, -0.05) is 18.2 Å². The number of benzene rings is 2. The van der Waals surface area contributed by atoms with E-state index < -0.39 is 0 Å². The van der Waals surface area contributed by atoms with Crippen molar-refractivity contribution < 1.29 is 14.3 Å². The molecule has 3 aromatic rings. The molecule has 2 N–H and O–H groups in total. The van der Waals surface area contributed by atoms with E-state index in [1.54, 1.807) is 47.4 Å². The molecular formula is C20H18FN3O2. The number of H-pyrrole nitrogens is 1. The maximum atomic E-state index is 14.0. The van der Waals surface area contributed by atoms with E-state index >= 15 is 0 Å². The third-order valence-electron chi connectivity index (χ3n) is 4.79. The quantitative estimate of drug-likeness (QED) is 0.758. The number of phenolic OH excluding ortho intramolecular Hbond substituents is 1. The number of carbonyl (C=O) groups excluding carboxylic acids is 1. The number of rotatable bonds is 3. The summed E-state index contributed by atoms with van der Waals surface area (Å²) in [6.07, 6.45) is 0.742. The Kier molecular flexibility index (Phi) is 4.16. The first-order valence-corrected chi connectivity index (χ1v) is 8.50. The van der Waals surface area contributed by atoms with Crippen LogP contribution >= 0.6 is 0 Å². The van der Waals surface area contributed by atoms with E-state index in [4.69, 9.17) is 0 Å². The van der Waals surface area contributed by atoms with Gasteiger partial charge in [-0.3, -0.25) is 9.89 Å². The van der Waals surface area contributed by atoms with Gasteiger partial charge < -0.3 is 10.0 Å². The van der Waals surface area contributed by atoms with Gasteiger partial charge in [-0.25, -0.2) is 4.39 Å². The molecule has 0 spiro atoms. The van der Waals surface area contributed by atoms with Crippen LogP contribution in [0.15, 0.2) is 54.6 Å². The van der Waals surface area contributed by atoms with E-state index in [1.165, 1.54) is 6.07 Å². The number of aromatic nitrogens is 2. The average molecular weight is 351 g/mol. The number of amides is 1. The minimum Gasteiger partial charge on any atom is -0.508 e. The molecule has 6 heteroatoms. The summed E-state index contributed by atoms with van der Waals surface area (Å²) in [6, 6.07) is 15.1. The predicted octanol–water partition coefficient (Wildman–Crippen LogP) is 3.55. The van der Waals surface area contributed by atoms with Gasteiger partial charge in [0, 0.05) is 24.6 Å². The number of hydrogen-bond acceptors (Lipinski definition) is 3. The summed E-state index contributed by atoms with van der Waals surface area (Å²) in [5.41, 5.74) is 2.52. The second kappa shape index (κ2) is 6.63. The highest BCUT2D eigenvalue weighted by molar-refractivity contribution is 5.93. The topological polar surface area (TPSA) is 69.2 Å². The Hall–Kier alpha value is -3.15. The largest absolute Gasteiger partial charge is 0.508 e. The van der Waals surface area contributed by atoms with Crippen LogP contribution in [0.2, 0.25) is 0 Å². The van der Waals surface area contributed by atoms with Crippen LogP contribution < -0.4 is 0 Å². The number of halogens is 1. The Morgan fingerprint density at radius 2 is 1.96 bits per heavy atom. The van der Waals surface area contributed by atoms with Crippen molar-refractivity contribution in [3.8, 4) is 17.0 Å². The molecule has 0 radical (unpaired) electrons. The van der Waals surface area contributed by atoms with Crippen molar-refractivity contribution in [3.05, 3.63) is 71.7 Å². The molecule has 0 unspecified atom stereocenters. The maximum absolute atomic E-state index is 14.0. The highest BCUT2D eigenvalue weighted by atomic mass is 19.1. The van der Waals surface area contributed by atoms with Crippen molar-refractivity contribution in [2.45, 2.75) is 12.3 Å². The highest BCUT2D eigenvalue weighted by Gasteiger charge is 2.30. The fourth-order valence-electron chi connectivity index (χ4n) is 3.39. The average Bonchev–Trinajstić information content (AvgIpc) is 3.32. The Bertz CT molecular complexity index is 936. The molecule has 132 valence electrons. The lowest BCUT2D eigenvalue weighted by Crippen LogP contribution is -2.28. The molecule has 1 saturated heterocycles. The summed E-state index contributed by atoms with van der Waals surface area (Å²) in [4.78, 5) is 14.5. The van der Waals surface area contributed by atoms with Crippen LogP contribution in [0.3, 0.4) is 0 Å². The number of carbonyl (C=O) groups is 1. The van der Waals surface area contributed by atoms with E-state index in [0.717, 1.165) is 12.0 Å². The number of nitrogens with zero attached hydrogens (tertiary/aromatic N) is 2. The first kappa shape index (κ1) is 16.3. The summed E-state index contributed by atoms with van der Waals surface area (Å²) in [5, 5.41) is 16.3. The van der Waals surface area contributed by atoms with E-state index in [-0.39, 0.29) is 23.4 Å². The summed E-state index contributed by atoms with van der Waals surface area (Å²) in [6.45, 7) is 1.08. The first-order valence-electron chi connectivity index (χ1n) is 8.50. The molecule has 1 atom stereocenters. The summed E-state index contributed by atoms with van der Waals surface area (Å²) in [7, 11) is 0. The summed E-state index contributed by atoms with van der Waals surface area (Å²) in [5.74, 6) is -0.166. The molecular weight excluding hydrogens is 333 g/mol. The standard InChI is InChI=1S/C20H18FN3O2/c21-17-4-2-1-3-16(17)14-9-10-24(12-14)20(26)19-11-18(22-23-19)13-5-7-15(25)8-6-13/h1-8,11,14,25H,9-10,12H2,(H,22,23)/t14-/m1/s1. The van der Waals surface area contributed by atoms with Gasteiger partial charge in [-0.15, -0.1) is 0 Å². The number of aromatic amines is 1. The second-order valence-corrected chi connectivity index (χ2v) is 6.47. The number of nitrogens with one attached hydrogen (secondary N) is 1. The Labute approximate surface area is 150 Å². The zero-order chi connectivity index (χ0) is 18.1. The van der Waals surface area contributed by atoms with Crippen molar-refractivity contribution in [1.82, 2.24) is 15.1 Å². The molecule has 1 aromatic heterocycles. The SMILES string of the molecule is O=C(c1cc(-c2ccc(O)cc2)n[nH]1)N1CC[C@@H](c2ccccc2F)C1. The first-order chi connectivity index (χ1) is 12.6. The molecule has 1 aliphatic rings. The van der Waals surface area contributed by atoms with Crippen molar-refractivity contribution in [1.29, 1.82) is 0 Å². The van der Waals surface area contributed by atoms with Gasteiger partial charge >= 0.3 is 0 Å². The minimum absolute atomic E-state index is 0.0136. The third kappa shape index (κ3) is 3.06. The molecule has 2 aromatic carbocycles. The second-order valence-electron chi connectivity index (χ2n) is 6.47. The van der Waals surface area contributed by atoms with Crippen LogP contribution in [0.1, 0.15) is 28.4 Å².